The van der Waals surface area contributed by atoms with Crippen LogP contribution in [0.3, 0.4) is 0 Å². The average molecular weight is 693 g/mol. The number of anilines is 2. The number of halogens is 2. The molecule has 0 fully saturated rings. The summed E-state index contributed by atoms with van der Waals surface area (Å²) >= 11 is -0.404. The van der Waals surface area contributed by atoms with E-state index in [1.807, 2.05) is 86.6 Å². The number of aryl methyl sites for hydroxylation is 2. The van der Waals surface area contributed by atoms with Crippen molar-refractivity contribution in [3.05, 3.63) is 132 Å². The Hall–Kier alpha value is -4.20. The van der Waals surface area contributed by atoms with E-state index in [4.69, 9.17) is 11.5 Å². The second-order valence-electron chi connectivity index (χ2n) is 9.16. The molecular weight excluding hydrogens is 664 g/mol. The number of hydrogen-bond donors (Lipinski definition) is 2. The van der Waals surface area contributed by atoms with Crippen LogP contribution in [0.1, 0.15) is 11.4 Å². The maximum atomic E-state index is 13.8. The summed E-state index contributed by atoms with van der Waals surface area (Å²) in [4.78, 5) is 0. The van der Waals surface area contributed by atoms with E-state index < -0.39 is 0 Å². The van der Waals surface area contributed by atoms with Gasteiger partial charge in [-0.1, -0.05) is 0 Å². The van der Waals surface area contributed by atoms with Crippen molar-refractivity contribution in [1.82, 2.24) is 19.6 Å². The molecule has 2 aromatic heterocycles. The topological polar surface area (TPSA) is 87.7 Å². The third-order valence-electron chi connectivity index (χ3n) is 6.18. The van der Waals surface area contributed by atoms with Crippen molar-refractivity contribution in [2.24, 2.45) is 0 Å². The molecule has 0 amide bonds. The van der Waals surface area contributed by atoms with Crippen LogP contribution in [0.15, 0.2) is 109 Å². The van der Waals surface area contributed by atoms with E-state index in [1.54, 1.807) is 33.6 Å². The van der Waals surface area contributed by atoms with Crippen LogP contribution in [0.4, 0.5) is 20.4 Å². The van der Waals surface area contributed by atoms with E-state index in [1.165, 1.54) is 12.1 Å². The number of nitrogens with two attached hydrogens (primary N) is 2. The van der Waals surface area contributed by atoms with E-state index in [9.17, 15) is 8.78 Å². The Kier molecular flexibility index (Phi) is 9.20. The van der Waals surface area contributed by atoms with Gasteiger partial charge in [-0.05, 0) is 0 Å². The second kappa shape index (κ2) is 13.2. The molecule has 0 spiro atoms. The molecule has 0 aliphatic heterocycles. The van der Waals surface area contributed by atoms with Gasteiger partial charge < -0.3 is 0 Å². The Labute approximate surface area is 255 Å². The van der Waals surface area contributed by atoms with Crippen molar-refractivity contribution in [3.63, 3.8) is 0 Å². The van der Waals surface area contributed by atoms with Crippen molar-refractivity contribution in [2.75, 3.05) is 11.5 Å². The molecule has 0 saturated heterocycles. The number of hydrogen-bond acceptors (Lipinski definition) is 4. The van der Waals surface area contributed by atoms with Crippen LogP contribution in [0.5, 0.6) is 0 Å². The van der Waals surface area contributed by atoms with Crippen LogP contribution in [0.2, 0.25) is 0 Å². The summed E-state index contributed by atoms with van der Waals surface area (Å²) in [7, 11) is 0. The van der Waals surface area contributed by atoms with Gasteiger partial charge in [0.05, 0.1) is 0 Å². The normalized spacial score (nSPS) is 10.8. The minimum atomic E-state index is -0.202. The summed E-state index contributed by atoms with van der Waals surface area (Å²) < 4.78 is 34.3. The average Bonchev–Trinajstić information content (AvgIpc) is 3.45. The number of rotatable bonds is 6. The Morgan fingerprint density at radius 1 is 0.524 bits per heavy atom. The molecule has 0 unspecified atom stereocenters. The Morgan fingerprint density at radius 3 is 1.21 bits per heavy atom. The molecule has 4 N–H and O–H groups in total. The van der Waals surface area contributed by atoms with E-state index in [2.05, 4.69) is 10.2 Å². The molecule has 0 aliphatic carbocycles. The van der Waals surface area contributed by atoms with Gasteiger partial charge in [-0.3, -0.25) is 0 Å². The molecule has 4 aromatic carbocycles. The first-order chi connectivity index (χ1) is 20.3. The molecule has 2 heterocycles. The molecule has 6 nitrogen and oxygen atoms in total. The van der Waals surface area contributed by atoms with Crippen LogP contribution < -0.4 is 29.3 Å². The van der Waals surface area contributed by atoms with Gasteiger partial charge in [0.2, 0.25) is 0 Å². The number of para-hydroxylation sites is 2. The van der Waals surface area contributed by atoms with Crippen molar-refractivity contribution in [3.8, 4) is 11.4 Å². The van der Waals surface area contributed by atoms with E-state index in [0.29, 0.717) is 20.6 Å². The molecular formula is C32H28F2N6Se2. The summed E-state index contributed by atoms with van der Waals surface area (Å²) in [6, 6.07) is 33.0. The number of aromatic nitrogens is 4. The van der Waals surface area contributed by atoms with Crippen LogP contribution in [-0.4, -0.2) is 49.5 Å². The maximum absolute atomic E-state index is 13.8. The van der Waals surface area contributed by atoms with Gasteiger partial charge >= 0.3 is 257 Å². The standard InChI is InChI=1S/2C16H14FN3Se/c2*1-11-15(21-14-10-6-5-9-13(14)17)16(18)20(19-11)12-7-3-2-4-8-12/h2*2-10H,18H2,1H3. The Morgan fingerprint density at radius 2 is 0.857 bits per heavy atom. The molecule has 0 radical (unpaired) electrons. The molecule has 6 aromatic rings. The predicted octanol–water partition coefficient (Wildman–Crippen LogP) is 3.11. The Bertz CT molecular complexity index is 1670. The van der Waals surface area contributed by atoms with Crippen LogP contribution in [0.25, 0.3) is 11.4 Å². The zero-order valence-corrected chi connectivity index (χ0v) is 26.3. The minimum absolute atomic E-state index is 0.191. The predicted molar refractivity (Wildman–Crippen MR) is 168 cm³/mol. The number of nitrogen functional groups attached to an aromatic ring is 2. The van der Waals surface area contributed by atoms with Crippen molar-refractivity contribution in [1.29, 1.82) is 0 Å². The second-order valence-corrected chi connectivity index (χ2v) is 13.6. The molecule has 10 heteroatoms. The molecule has 42 heavy (non-hydrogen) atoms. The molecule has 0 bridgehead atoms. The van der Waals surface area contributed by atoms with Gasteiger partial charge in [0.1, 0.15) is 0 Å². The zero-order valence-electron chi connectivity index (χ0n) is 22.9. The van der Waals surface area contributed by atoms with Crippen LogP contribution in [0, 0.1) is 25.5 Å². The number of benzene rings is 4. The summed E-state index contributed by atoms with van der Waals surface area (Å²) in [6.45, 7) is 3.82. The van der Waals surface area contributed by atoms with Gasteiger partial charge in [-0.15, -0.1) is 0 Å². The molecule has 0 saturated carbocycles. The molecule has 212 valence electrons. The first-order valence-electron chi connectivity index (χ1n) is 13.0. The molecule has 6 rings (SSSR count). The monoisotopic (exact) mass is 694 g/mol. The van der Waals surface area contributed by atoms with Crippen LogP contribution >= 0.6 is 0 Å². The van der Waals surface area contributed by atoms with Crippen LogP contribution in [-0.2, 0) is 0 Å². The van der Waals surface area contributed by atoms with Gasteiger partial charge in [-0.2, -0.15) is 0 Å². The van der Waals surface area contributed by atoms with Crippen molar-refractivity contribution < 1.29 is 8.78 Å². The fraction of sp³-hybridized carbons (Fsp3) is 0.0625. The fourth-order valence-corrected chi connectivity index (χ4v) is 7.95. The molecule has 0 aliphatic rings. The quantitative estimate of drug-likeness (QED) is 0.263. The SMILES string of the molecule is Cc1nn(-c2ccccc2)c(N)c1[Se]c1ccccc1F.Cc1nn(-c2ccccc2)c(N)c1[Se]c1ccccc1F. The Balaban J connectivity index is 0.000000168. The van der Waals surface area contributed by atoms with E-state index in [0.717, 1.165) is 31.7 Å². The summed E-state index contributed by atoms with van der Waals surface area (Å²) in [5.41, 5.74) is 16.0. The van der Waals surface area contributed by atoms with E-state index in [-0.39, 0.29) is 41.5 Å². The third-order valence-corrected chi connectivity index (χ3v) is 11.5. The molecule has 0 atom stereocenters. The first kappa shape index (κ1) is 29.3. The third kappa shape index (κ3) is 6.48. The van der Waals surface area contributed by atoms with Gasteiger partial charge in [0.25, 0.3) is 0 Å². The summed E-state index contributed by atoms with van der Waals surface area (Å²) in [5, 5.41) is 8.98. The zero-order chi connectivity index (χ0) is 29.6. The van der Waals surface area contributed by atoms with Gasteiger partial charge in [0, 0.05) is 0 Å². The van der Waals surface area contributed by atoms with Gasteiger partial charge in [0.15, 0.2) is 0 Å². The summed E-state index contributed by atoms with van der Waals surface area (Å²) in [5.74, 6) is 0.788. The van der Waals surface area contributed by atoms with Crippen molar-refractivity contribution >= 4 is 59.4 Å². The first-order valence-corrected chi connectivity index (χ1v) is 16.4. The van der Waals surface area contributed by atoms with E-state index >= 15 is 0 Å². The number of nitrogens with zero attached hydrogens (tertiary/aromatic N) is 4. The fourth-order valence-electron chi connectivity index (χ4n) is 4.12. The summed E-state index contributed by atoms with van der Waals surface area (Å²) in [6.07, 6.45) is 0. The van der Waals surface area contributed by atoms with Crippen molar-refractivity contribution in [2.45, 2.75) is 13.8 Å². The van der Waals surface area contributed by atoms with Gasteiger partial charge in [-0.25, -0.2) is 0 Å².